The van der Waals surface area contributed by atoms with Gasteiger partial charge in [0.05, 0.1) is 6.54 Å². The summed E-state index contributed by atoms with van der Waals surface area (Å²) in [5.41, 5.74) is 1.22. The minimum Gasteiger partial charge on any atom is -0.325 e. The third kappa shape index (κ3) is 3.78. The van der Waals surface area contributed by atoms with Gasteiger partial charge in [0.2, 0.25) is 5.91 Å². The van der Waals surface area contributed by atoms with Crippen molar-refractivity contribution in [2.45, 2.75) is 0 Å². The smallest absolute Gasteiger partial charge is 0.238 e. The molecule has 0 aliphatic rings. The maximum atomic E-state index is 11.2. The molecule has 2 N–H and O–H groups in total. The molecule has 1 aromatic rings. The molecule has 0 aromatic heterocycles. The topological polar surface area (TPSA) is 58.2 Å². The normalized spacial score (nSPS) is 9.73. The quantitative estimate of drug-likeness (QED) is 0.746. The first-order valence-electron chi connectivity index (χ1n) is 4.48. The summed E-state index contributed by atoms with van der Waals surface area (Å²) in [6.07, 6.45) is 0. The number of anilines is 1. The van der Waals surface area contributed by atoms with Crippen molar-refractivity contribution >= 4 is 26.4 Å². The monoisotopic (exact) mass is 224 g/mol. The highest BCUT2D eigenvalue weighted by Gasteiger charge is 2.02. The van der Waals surface area contributed by atoms with Crippen molar-refractivity contribution in [2.75, 3.05) is 18.9 Å². The lowest BCUT2D eigenvalue weighted by Gasteiger charge is -2.04. The number of likely N-dealkylation sites (N-methyl/N-ethyl adjacent to an activating group) is 1. The molecule has 1 aromatic carbocycles. The third-order valence-electron chi connectivity index (χ3n) is 1.79. The molecule has 80 valence electrons. The van der Waals surface area contributed by atoms with Gasteiger partial charge in [-0.15, -0.1) is 0 Å². The Kier molecular flexibility index (Phi) is 4.40. The second kappa shape index (κ2) is 5.59. The van der Waals surface area contributed by atoms with Gasteiger partial charge < -0.3 is 10.6 Å². The molecule has 0 spiro atoms. The number of amides is 1. The summed E-state index contributed by atoms with van der Waals surface area (Å²) in [6, 6.07) is 6.74. The number of nitrogens with one attached hydrogen (secondary N) is 2. The summed E-state index contributed by atoms with van der Waals surface area (Å²) in [7, 11) is 3.81. The van der Waals surface area contributed by atoms with Gasteiger partial charge in [0, 0.05) is 11.3 Å². The molecule has 0 saturated heterocycles. The molecule has 1 atom stereocenters. The zero-order valence-corrected chi connectivity index (χ0v) is 9.57. The SMILES string of the molecule is CNCC(=O)Nc1ccc(C(=O)P)cc1. The number of benzene rings is 1. The Morgan fingerprint density at radius 2 is 1.87 bits per heavy atom. The Morgan fingerprint density at radius 3 is 2.33 bits per heavy atom. The van der Waals surface area contributed by atoms with Crippen LogP contribution in [0, 0.1) is 0 Å². The van der Waals surface area contributed by atoms with Crippen molar-refractivity contribution in [3.05, 3.63) is 29.8 Å². The van der Waals surface area contributed by atoms with Crippen LogP contribution >= 0.6 is 9.24 Å². The van der Waals surface area contributed by atoms with Crippen molar-refractivity contribution in [2.24, 2.45) is 0 Å². The maximum Gasteiger partial charge on any atom is 0.238 e. The Labute approximate surface area is 90.6 Å². The van der Waals surface area contributed by atoms with Gasteiger partial charge in [-0.2, -0.15) is 0 Å². The third-order valence-corrected chi connectivity index (χ3v) is 2.12. The van der Waals surface area contributed by atoms with Crippen LogP contribution in [0.2, 0.25) is 0 Å². The van der Waals surface area contributed by atoms with Crippen LogP contribution in [-0.4, -0.2) is 25.0 Å². The molecule has 0 aliphatic heterocycles. The average molecular weight is 224 g/mol. The lowest BCUT2D eigenvalue weighted by atomic mass is 10.2. The van der Waals surface area contributed by atoms with E-state index in [1.165, 1.54) is 0 Å². The largest absolute Gasteiger partial charge is 0.325 e. The number of hydrogen-bond acceptors (Lipinski definition) is 3. The molecule has 1 unspecified atom stereocenters. The first-order valence-corrected chi connectivity index (χ1v) is 5.05. The molecule has 0 radical (unpaired) electrons. The van der Waals surface area contributed by atoms with E-state index in [-0.39, 0.29) is 18.0 Å². The minimum atomic E-state index is -0.109. The van der Waals surface area contributed by atoms with Gasteiger partial charge in [-0.05, 0) is 31.3 Å². The van der Waals surface area contributed by atoms with E-state index in [1.54, 1.807) is 31.3 Å². The predicted octanol–water partition coefficient (Wildman–Crippen LogP) is 0.860. The van der Waals surface area contributed by atoms with E-state index in [9.17, 15) is 9.59 Å². The fraction of sp³-hybridized carbons (Fsp3) is 0.200. The van der Waals surface area contributed by atoms with Crippen molar-refractivity contribution in [1.82, 2.24) is 5.32 Å². The Hall–Kier alpha value is -1.25. The fourth-order valence-electron chi connectivity index (χ4n) is 1.08. The average Bonchev–Trinajstić information content (AvgIpc) is 2.18. The molecule has 1 rings (SSSR count). The van der Waals surface area contributed by atoms with Gasteiger partial charge in [0.25, 0.3) is 0 Å². The van der Waals surface area contributed by atoms with Crippen molar-refractivity contribution in [3.8, 4) is 0 Å². The van der Waals surface area contributed by atoms with Gasteiger partial charge in [-0.1, -0.05) is 9.24 Å². The van der Waals surface area contributed by atoms with E-state index in [1.807, 2.05) is 0 Å². The lowest BCUT2D eigenvalue weighted by Crippen LogP contribution is -2.24. The highest BCUT2D eigenvalue weighted by molar-refractivity contribution is 7.41. The van der Waals surface area contributed by atoms with Gasteiger partial charge >= 0.3 is 0 Å². The molecule has 0 fully saturated rings. The summed E-state index contributed by atoms with van der Waals surface area (Å²) in [4.78, 5) is 22.1. The second-order valence-electron chi connectivity index (χ2n) is 3.02. The van der Waals surface area contributed by atoms with E-state index in [0.717, 1.165) is 0 Å². The number of hydrogen-bond donors (Lipinski definition) is 2. The van der Waals surface area contributed by atoms with Crippen molar-refractivity contribution in [1.29, 1.82) is 0 Å². The summed E-state index contributed by atoms with van der Waals surface area (Å²) in [5, 5.41) is 5.44. The van der Waals surface area contributed by atoms with Crippen LogP contribution in [0.1, 0.15) is 10.4 Å². The number of rotatable bonds is 4. The summed E-state index contributed by atoms with van der Waals surface area (Å²) in [6.45, 7) is 0.268. The summed E-state index contributed by atoms with van der Waals surface area (Å²) >= 11 is 0. The Morgan fingerprint density at radius 1 is 1.27 bits per heavy atom. The standard InChI is InChI=1S/C10H13N2O2P/c1-11-6-9(13)12-8-4-2-7(3-5-8)10(14)15/h2-5,11H,6,15H2,1H3,(H,12,13). The number of carbonyl (C=O) groups excluding carboxylic acids is 2. The van der Waals surface area contributed by atoms with Gasteiger partial charge in [-0.25, -0.2) is 0 Å². The fourth-order valence-corrected chi connectivity index (χ4v) is 1.28. The second-order valence-corrected chi connectivity index (χ2v) is 3.54. The first kappa shape index (κ1) is 11.8. The van der Waals surface area contributed by atoms with Crippen LogP contribution in [0.25, 0.3) is 0 Å². The van der Waals surface area contributed by atoms with Crippen molar-refractivity contribution in [3.63, 3.8) is 0 Å². The van der Waals surface area contributed by atoms with Crippen LogP contribution in [0.15, 0.2) is 24.3 Å². The molecule has 1 amide bonds. The summed E-state index contributed by atoms with van der Waals surface area (Å²) in [5.74, 6) is -0.109. The molecule has 0 aliphatic carbocycles. The molecule has 0 bridgehead atoms. The van der Waals surface area contributed by atoms with Crippen LogP contribution in [0.3, 0.4) is 0 Å². The molecular weight excluding hydrogens is 211 g/mol. The van der Waals surface area contributed by atoms with Crippen LogP contribution in [-0.2, 0) is 4.79 Å². The highest BCUT2D eigenvalue weighted by Crippen LogP contribution is 2.11. The van der Waals surface area contributed by atoms with E-state index < -0.39 is 0 Å². The highest BCUT2D eigenvalue weighted by atomic mass is 31.0. The maximum absolute atomic E-state index is 11.2. The predicted molar refractivity (Wildman–Crippen MR) is 63.0 cm³/mol. The lowest BCUT2D eigenvalue weighted by molar-refractivity contribution is -0.115. The molecular formula is C10H13N2O2P. The Bertz CT molecular complexity index is 362. The molecule has 15 heavy (non-hydrogen) atoms. The van der Waals surface area contributed by atoms with E-state index in [0.29, 0.717) is 11.3 Å². The zero-order chi connectivity index (χ0) is 11.3. The molecule has 0 heterocycles. The first-order chi connectivity index (χ1) is 7.13. The molecule has 5 heteroatoms. The number of carbonyl (C=O) groups is 2. The van der Waals surface area contributed by atoms with Gasteiger partial charge in [0.1, 0.15) is 0 Å². The van der Waals surface area contributed by atoms with Gasteiger partial charge in [0.15, 0.2) is 5.52 Å². The molecule has 0 saturated carbocycles. The minimum absolute atomic E-state index is 0.0666. The van der Waals surface area contributed by atoms with E-state index in [2.05, 4.69) is 19.9 Å². The summed E-state index contributed by atoms with van der Waals surface area (Å²) < 4.78 is 0. The Balaban J connectivity index is 2.64. The van der Waals surface area contributed by atoms with Crippen molar-refractivity contribution < 1.29 is 9.59 Å². The molecule has 4 nitrogen and oxygen atoms in total. The van der Waals surface area contributed by atoms with E-state index >= 15 is 0 Å². The van der Waals surface area contributed by atoms with Crippen LogP contribution in [0.4, 0.5) is 5.69 Å². The van der Waals surface area contributed by atoms with Crippen LogP contribution in [0.5, 0.6) is 0 Å². The van der Waals surface area contributed by atoms with E-state index in [4.69, 9.17) is 0 Å². The van der Waals surface area contributed by atoms with Gasteiger partial charge in [-0.3, -0.25) is 9.59 Å². The zero-order valence-electron chi connectivity index (χ0n) is 8.41. The van der Waals surface area contributed by atoms with Crippen LogP contribution < -0.4 is 10.6 Å².